The number of hydrogen-bond acceptors (Lipinski definition) is 5. The van der Waals surface area contributed by atoms with Crippen molar-refractivity contribution in [1.29, 1.82) is 0 Å². The number of rotatable bonds is 3. The number of nitrogens with one attached hydrogen (secondary N) is 1. The summed E-state index contributed by atoms with van der Waals surface area (Å²) < 4.78 is 1.44. The third-order valence-corrected chi connectivity index (χ3v) is 2.42. The van der Waals surface area contributed by atoms with Crippen molar-refractivity contribution < 1.29 is 9.90 Å². The third-order valence-electron chi connectivity index (χ3n) is 2.42. The molecule has 0 spiro atoms. The lowest BCUT2D eigenvalue weighted by Crippen LogP contribution is -2.18. The molecular formula is C13H13N5O2. The zero-order chi connectivity index (χ0) is 14.4. The molecule has 2 N–H and O–H groups in total. The first-order chi connectivity index (χ1) is 9.72. The molecule has 0 bridgehead atoms. The fourth-order valence-electron chi connectivity index (χ4n) is 1.47. The van der Waals surface area contributed by atoms with Crippen LogP contribution in [0.3, 0.4) is 0 Å². The number of aromatic nitrogens is 4. The van der Waals surface area contributed by atoms with Gasteiger partial charge in [-0.3, -0.25) is 10.1 Å². The lowest BCUT2D eigenvalue weighted by Gasteiger charge is -2.04. The summed E-state index contributed by atoms with van der Waals surface area (Å²) >= 11 is 0. The number of anilines is 1. The van der Waals surface area contributed by atoms with Gasteiger partial charge in [-0.2, -0.15) is 10.1 Å². The second-order valence-electron chi connectivity index (χ2n) is 3.84. The smallest absolute Gasteiger partial charge is 0.277 e. The normalized spacial score (nSPS) is 9.70. The molecule has 0 saturated carbocycles. The standard InChI is InChI=1S/C13H13N5O2/c1-18-13(15-9-16-18)17-12(20)11-10(5-2-3-8-19)6-4-7-14-11/h4,6-7,9,19H,3,8H2,1H3,(H,15,16,17,20). The predicted octanol–water partition coefficient (Wildman–Crippen LogP) is 0.196. The van der Waals surface area contributed by atoms with Crippen LogP contribution in [0.25, 0.3) is 0 Å². The molecule has 102 valence electrons. The quantitative estimate of drug-likeness (QED) is 0.778. The zero-order valence-electron chi connectivity index (χ0n) is 10.9. The molecule has 2 heterocycles. The Morgan fingerprint density at radius 2 is 2.35 bits per heavy atom. The summed E-state index contributed by atoms with van der Waals surface area (Å²) in [5.74, 6) is 5.50. The van der Waals surface area contributed by atoms with Crippen LogP contribution in [0.4, 0.5) is 5.95 Å². The van der Waals surface area contributed by atoms with E-state index < -0.39 is 5.91 Å². The first-order valence-corrected chi connectivity index (χ1v) is 5.92. The van der Waals surface area contributed by atoms with E-state index in [1.165, 1.54) is 17.2 Å². The number of aliphatic hydroxyl groups is 1. The number of aryl methyl sites for hydroxylation is 1. The molecule has 2 aromatic heterocycles. The van der Waals surface area contributed by atoms with Crippen molar-refractivity contribution in [3.8, 4) is 11.8 Å². The molecule has 0 unspecified atom stereocenters. The van der Waals surface area contributed by atoms with Gasteiger partial charge in [0.1, 0.15) is 12.0 Å². The summed E-state index contributed by atoms with van der Waals surface area (Å²) in [4.78, 5) is 20.1. The van der Waals surface area contributed by atoms with Crippen molar-refractivity contribution in [2.45, 2.75) is 6.42 Å². The first kappa shape index (κ1) is 13.7. The summed E-state index contributed by atoms with van der Waals surface area (Å²) in [6.45, 7) is -0.0201. The largest absolute Gasteiger partial charge is 0.395 e. The molecule has 20 heavy (non-hydrogen) atoms. The van der Waals surface area contributed by atoms with Crippen molar-refractivity contribution in [2.75, 3.05) is 11.9 Å². The van der Waals surface area contributed by atoms with Gasteiger partial charge >= 0.3 is 0 Å². The maximum Gasteiger partial charge on any atom is 0.277 e. The summed E-state index contributed by atoms with van der Waals surface area (Å²) in [5, 5.41) is 15.2. The molecule has 7 heteroatoms. The maximum absolute atomic E-state index is 12.1. The molecule has 0 fully saturated rings. The zero-order valence-corrected chi connectivity index (χ0v) is 10.9. The monoisotopic (exact) mass is 271 g/mol. The van der Waals surface area contributed by atoms with Gasteiger partial charge < -0.3 is 5.11 Å². The maximum atomic E-state index is 12.1. The van der Waals surface area contributed by atoms with Gasteiger partial charge in [-0.15, -0.1) is 0 Å². The van der Waals surface area contributed by atoms with Crippen LogP contribution in [0.15, 0.2) is 24.7 Å². The molecule has 0 aromatic carbocycles. The summed E-state index contributed by atoms with van der Waals surface area (Å²) in [7, 11) is 1.67. The van der Waals surface area contributed by atoms with E-state index in [1.54, 1.807) is 19.2 Å². The van der Waals surface area contributed by atoms with E-state index in [0.29, 0.717) is 17.9 Å². The van der Waals surface area contributed by atoms with Gasteiger partial charge in [-0.1, -0.05) is 11.8 Å². The molecule has 1 amide bonds. The Hall–Kier alpha value is -2.72. The van der Waals surface area contributed by atoms with Crippen molar-refractivity contribution in [1.82, 2.24) is 19.7 Å². The number of carbonyl (C=O) groups excluding carboxylic acids is 1. The number of aliphatic hydroxyl groups excluding tert-OH is 1. The second-order valence-corrected chi connectivity index (χ2v) is 3.84. The Morgan fingerprint density at radius 1 is 1.50 bits per heavy atom. The molecular weight excluding hydrogens is 258 g/mol. The Kier molecular flexibility index (Phi) is 4.42. The summed E-state index contributed by atoms with van der Waals surface area (Å²) in [6, 6.07) is 3.39. The number of amides is 1. The number of pyridine rings is 1. The van der Waals surface area contributed by atoms with Gasteiger partial charge in [0.15, 0.2) is 0 Å². The van der Waals surface area contributed by atoms with Crippen molar-refractivity contribution in [3.05, 3.63) is 35.9 Å². The van der Waals surface area contributed by atoms with Crippen LogP contribution in [0.1, 0.15) is 22.5 Å². The van der Waals surface area contributed by atoms with E-state index in [1.807, 2.05) is 0 Å². The molecule has 7 nitrogen and oxygen atoms in total. The van der Waals surface area contributed by atoms with Crippen LogP contribution in [0.2, 0.25) is 0 Å². The van der Waals surface area contributed by atoms with Gasteiger partial charge in [0, 0.05) is 19.7 Å². The molecule has 0 aliphatic rings. The van der Waals surface area contributed by atoms with Crippen LogP contribution in [-0.2, 0) is 7.05 Å². The minimum Gasteiger partial charge on any atom is -0.395 e. The Balaban J connectivity index is 2.22. The lowest BCUT2D eigenvalue weighted by atomic mass is 10.2. The van der Waals surface area contributed by atoms with Gasteiger partial charge in [-0.05, 0) is 12.1 Å². The van der Waals surface area contributed by atoms with Gasteiger partial charge in [0.2, 0.25) is 5.95 Å². The second kappa shape index (κ2) is 6.45. The van der Waals surface area contributed by atoms with E-state index in [2.05, 4.69) is 32.2 Å². The predicted molar refractivity (Wildman–Crippen MR) is 71.8 cm³/mol. The molecule has 0 radical (unpaired) electrons. The minimum atomic E-state index is -0.407. The Bertz CT molecular complexity index is 669. The van der Waals surface area contributed by atoms with E-state index >= 15 is 0 Å². The number of nitrogens with zero attached hydrogens (tertiary/aromatic N) is 4. The topological polar surface area (TPSA) is 92.9 Å². The number of carbonyl (C=O) groups is 1. The number of hydrogen-bond donors (Lipinski definition) is 2. The van der Waals surface area contributed by atoms with Crippen molar-refractivity contribution in [3.63, 3.8) is 0 Å². The highest BCUT2D eigenvalue weighted by Crippen LogP contribution is 2.07. The molecule has 2 aromatic rings. The fourth-order valence-corrected chi connectivity index (χ4v) is 1.47. The van der Waals surface area contributed by atoms with Crippen LogP contribution in [0, 0.1) is 11.8 Å². The third kappa shape index (κ3) is 3.18. The minimum absolute atomic E-state index is 0.0201. The van der Waals surface area contributed by atoms with E-state index in [0.717, 1.165) is 0 Å². The fraction of sp³-hybridized carbons (Fsp3) is 0.231. The average Bonchev–Trinajstić information content (AvgIpc) is 2.85. The highest BCUT2D eigenvalue weighted by molar-refractivity contribution is 6.03. The van der Waals surface area contributed by atoms with Crippen LogP contribution in [0.5, 0.6) is 0 Å². The van der Waals surface area contributed by atoms with Crippen LogP contribution in [-0.4, -0.2) is 37.4 Å². The van der Waals surface area contributed by atoms with Crippen molar-refractivity contribution in [2.24, 2.45) is 7.05 Å². The summed E-state index contributed by atoms with van der Waals surface area (Å²) in [5.41, 5.74) is 0.710. The molecule has 0 aliphatic carbocycles. The van der Waals surface area contributed by atoms with Crippen LogP contribution >= 0.6 is 0 Å². The molecule has 2 rings (SSSR count). The van der Waals surface area contributed by atoms with Gasteiger partial charge in [0.25, 0.3) is 5.91 Å². The van der Waals surface area contributed by atoms with Crippen molar-refractivity contribution >= 4 is 11.9 Å². The summed E-state index contributed by atoms with van der Waals surface area (Å²) in [6.07, 6.45) is 3.21. The van der Waals surface area contributed by atoms with Gasteiger partial charge in [-0.25, -0.2) is 9.67 Å². The van der Waals surface area contributed by atoms with Gasteiger partial charge in [0.05, 0.1) is 12.2 Å². The molecule has 0 atom stereocenters. The highest BCUT2D eigenvalue weighted by atomic mass is 16.2. The van der Waals surface area contributed by atoms with E-state index in [9.17, 15) is 4.79 Å². The van der Waals surface area contributed by atoms with E-state index in [4.69, 9.17) is 5.11 Å². The SMILES string of the molecule is Cn1ncnc1NC(=O)c1ncccc1C#CCCO. The molecule has 0 saturated heterocycles. The Labute approximate surface area is 115 Å². The first-order valence-electron chi connectivity index (χ1n) is 5.92. The lowest BCUT2D eigenvalue weighted by molar-refractivity contribution is 0.102. The molecule has 0 aliphatic heterocycles. The van der Waals surface area contributed by atoms with E-state index in [-0.39, 0.29) is 12.3 Å². The van der Waals surface area contributed by atoms with Crippen LogP contribution < -0.4 is 5.32 Å². The average molecular weight is 271 g/mol. The Morgan fingerprint density at radius 3 is 3.05 bits per heavy atom. The highest BCUT2D eigenvalue weighted by Gasteiger charge is 2.13.